The van der Waals surface area contributed by atoms with Gasteiger partial charge in [-0.3, -0.25) is 0 Å². The number of likely N-dealkylation sites (N-methyl/N-ethyl adjacent to an activating group) is 1. The van der Waals surface area contributed by atoms with Crippen molar-refractivity contribution in [2.45, 2.75) is 59.9 Å². The van der Waals surface area contributed by atoms with Gasteiger partial charge in [0.05, 0.1) is 5.54 Å². The minimum atomic E-state index is -0.260. The molecule has 4 rings (SSSR count). The molecule has 0 N–H and O–H groups in total. The molecule has 0 spiro atoms. The van der Waals surface area contributed by atoms with Crippen LogP contribution in [-0.4, -0.2) is 16.9 Å². The topological polar surface area (TPSA) is 29.3 Å². The molecule has 3 heteroatoms. The van der Waals surface area contributed by atoms with E-state index >= 15 is 0 Å². The fraction of sp³-hybridized carbons (Fsp3) is 0.423. The highest BCUT2D eigenvalue weighted by molar-refractivity contribution is 6.05. The van der Waals surface area contributed by atoms with Crippen LogP contribution in [0, 0.1) is 12.3 Å². The van der Waals surface area contributed by atoms with Crippen molar-refractivity contribution in [3.63, 3.8) is 0 Å². The van der Waals surface area contributed by atoms with E-state index in [0.717, 1.165) is 40.6 Å². The van der Waals surface area contributed by atoms with Crippen LogP contribution in [0.3, 0.4) is 0 Å². The van der Waals surface area contributed by atoms with Gasteiger partial charge in [-0.05, 0) is 55.4 Å². The first-order valence-corrected chi connectivity index (χ1v) is 10.6. The monoisotopic (exact) mass is 388 g/mol. The molecule has 0 aliphatic carbocycles. The van der Waals surface area contributed by atoms with Crippen LogP contribution < -0.4 is 0 Å². The van der Waals surface area contributed by atoms with Crippen molar-refractivity contribution in [1.29, 1.82) is 0 Å². The number of aromatic nitrogens is 1. The van der Waals surface area contributed by atoms with Gasteiger partial charge >= 0.3 is 0 Å². The largest absolute Gasteiger partial charge is 0.437 e. The molecular formula is C26H32N2O. The number of furan rings is 1. The van der Waals surface area contributed by atoms with Gasteiger partial charge in [0.1, 0.15) is 5.58 Å². The second kappa shape index (κ2) is 6.76. The Labute approximate surface area is 174 Å². The molecule has 1 atom stereocenters. The molecule has 1 aliphatic heterocycles. The summed E-state index contributed by atoms with van der Waals surface area (Å²) < 4.78 is 6.45. The zero-order valence-corrected chi connectivity index (χ0v) is 18.8. The van der Waals surface area contributed by atoms with Crippen molar-refractivity contribution < 1.29 is 4.42 Å². The predicted molar refractivity (Wildman–Crippen MR) is 122 cm³/mol. The molecule has 152 valence electrons. The van der Waals surface area contributed by atoms with E-state index in [2.05, 4.69) is 96.1 Å². The summed E-state index contributed by atoms with van der Waals surface area (Å²) >= 11 is 0. The third kappa shape index (κ3) is 3.37. The van der Waals surface area contributed by atoms with Gasteiger partial charge in [0.25, 0.3) is 0 Å². The normalized spacial score (nSPS) is 20.0. The summed E-state index contributed by atoms with van der Waals surface area (Å²) in [6.07, 6.45) is 8.77. The van der Waals surface area contributed by atoms with E-state index in [1.54, 1.807) is 0 Å². The van der Waals surface area contributed by atoms with Crippen molar-refractivity contribution in [3.05, 3.63) is 65.0 Å². The van der Waals surface area contributed by atoms with Crippen molar-refractivity contribution in [2.24, 2.45) is 5.41 Å². The van der Waals surface area contributed by atoms with Crippen molar-refractivity contribution in [1.82, 2.24) is 9.88 Å². The highest BCUT2D eigenvalue weighted by Crippen LogP contribution is 2.42. The van der Waals surface area contributed by atoms with Crippen LogP contribution >= 0.6 is 0 Å². The van der Waals surface area contributed by atoms with Gasteiger partial charge in [-0.1, -0.05) is 52.0 Å². The molecule has 0 bridgehead atoms. The Kier molecular flexibility index (Phi) is 4.60. The zero-order valence-electron chi connectivity index (χ0n) is 18.8. The minimum absolute atomic E-state index is 0.195. The fourth-order valence-electron chi connectivity index (χ4n) is 4.41. The maximum absolute atomic E-state index is 6.45. The maximum atomic E-state index is 6.45. The first kappa shape index (κ1) is 19.8. The molecule has 1 aliphatic rings. The lowest BCUT2D eigenvalue weighted by atomic mass is 9.83. The Morgan fingerprint density at radius 2 is 1.83 bits per heavy atom. The van der Waals surface area contributed by atoms with Crippen LogP contribution in [0.2, 0.25) is 0 Å². The molecule has 1 unspecified atom stereocenters. The molecular weight excluding hydrogens is 356 g/mol. The summed E-state index contributed by atoms with van der Waals surface area (Å²) in [5.74, 6) is 0. The number of aryl methyl sites for hydroxylation is 1. The van der Waals surface area contributed by atoms with Gasteiger partial charge in [0.15, 0.2) is 0 Å². The van der Waals surface area contributed by atoms with Gasteiger partial charge in [-0.2, -0.15) is 0 Å². The average molecular weight is 389 g/mol. The van der Waals surface area contributed by atoms with Crippen LogP contribution in [0.25, 0.3) is 22.1 Å². The second-order valence-electron chi connectivity index (χ2n) is 9.78. The summed E-state index contributed by atoms with van der Waals surface area (Å²) in [6, 6.07) is 8.70. The SMILES string of the molecule is CCC1=CN(C)C(C)(c2c(C)ccc3c2oc2nc(CC(C)(C)C)ccc23)C=C1. The minimum Gasteiger partial charge on any atom is -0.437 e. The van der Waals surface area contributed by atoms with Crippen LogP contribution in [0.4, 0.5) is 0 Å². The number of allylic oxidation sites excluding steroid dienone is 2. The Balaban J connectivity index is 1.91. The number of benzene rings is 1. The third-order valence-electron chi connectivity index (χ3n) is 6.11. The molecule has 0 saturated heterocycles. The molecule has 0 fully saturated rings. The van der Waals surface area contributed by atoms with Gasteiger partial charge in [0, 0.05) is 35.3 Å². The number of fused-ring (bicyclic) bond motifs is 3. The highest BCUT2D eigenvalue weighted by Gasteiger charge is 2.34. The van der Waals surface area contributed by atoms with Gasteiger partial charge in [-0.15, -0.1) is 0 Å². The predicted octanol–water partition coefficient (Wildman–Crippen LogP) is 6.89. The number of hydrogen-bond acceptors (Lipinski definition) is 3. The molecule has 0 amide bonds. The zero-order chi connectivity index (χ0) is 21.0. The summed E-state index contributed by atoms with van der Waals surface area (Å²) in [5, 5.41) is 2.23. The molecule has 3 aromatic rings. The summed E-state index contributed by atoms with van der Waals surface area (Å²) in [7, 11) is 2.15. The number of nitrogens with zero attached hydrogens (tertiary/aromatic N) is 2. The third-order valence-corrected chi connectivity index (χ3v) is 6.11. The van der Waals surface area contributed by atoms with Gasteiger partial charge in [-0.25, -0.2) is 4.98 Å². The molecule has 2 aromatic heterocycles. The molecule has 0 radical (unpaired) electrons. The first-order chi connectivity index (χ1) is 13.6. The lowest BCUT2D eigenvalue weighted by molar-refractivity contribution is 0.258. The molecule has 3 heterocycles. The average Bonchev–Trinajstić information content (AvgIpc) is 2.99. The molecule has 1 aromatic carbocycles. The van der Waals surface area contributed by atoms with E-state index < -0.39 is 0 Å². The molecule has 0 saturated carbocycles. The number of pyridine rings is 1. The van der Waals surface area contributed by atoms with Crippen LogP contribution in [0.15, 0.2) is 52.6 Å². The Bertz CT molecular complexity index is 1140. The standard InChI is InChI=1S/C26H32N2O/c1-8-18-13-14-26(6,28(7)16-18)22-17(2)9-11-20-21-12-10-19(15-25(3,4)5)27-24(21)29-23(20)22/h9-14,16H,8,15H2,1-7H3. The van der Waals surface area contributed by atoms with Crippen LogP contribution in [-0.2, 0) is 12.0 Å². The number of hydrogen-bond donors (Lipinski definition) is 0. The van der Waals surface area contributed by atoms with Crippen molar-refractivity contribution in [3.8, 4) is 0 Å². The van der Waals surface area contributed by atoms with Crippen molar-refractivity contribution >= 4 is 22.1 Å². The smallest absolute Gasteiger partial charge is 0.227 e. The van der Waals surface area contributed by atoms with E-state index in [1.165, 1.54) is 16.7 Å². The summed E-state index contributed by atoms with van der Waals surface area (Å²) in [4.78, 5) is 7.18. The maximum Gasteiger partial charge on any atom is 0.227 e. The van der Waals surface area contributed by atoms with Gasteiger partial charge < -0.3 is 9.32 Å². The lowest BCUT2D eigenvalue weighted by Gasteiger charge is -2.40. The Hall–Kier alpha value is -2.55. The Morgan fingerprint density at radius 1 is 1.10 bits per heavy atom. The van der Waals surface area contributed by atoms with Crippen LogP contribution in [0.5, 0.6) is 0 Å². The fourth-order valence-corrected chi connectivity index (χ4v) is 4.41. The molecule has 3 nitrogen and oxygen atoms in total. The molecule has 29 heavy (non-hydrogen) atoms. The summed E-state index contributed by atoms with van der Waals surface area (Å²) in [6.45, 7) is 13.3. The first-order valence-electron chi connectivity index (χ1n) is 10.6. The van der Waals surface area contributed by atoms with Crippen LogP contribution in [0.1, 0.15) is 57.9 Å². The van der Waals surface area contributed by atoms with Gasteiger partial charge in [0.2, 0.25) is 5.71 Å². The second-order valence-corrected chi connectivity index (χ2v) is 9.78. The summed E-state index contributed by atoms with van der Waals surface area (Å²) in [5.41, 5.74) is 6.50. The van der Waals surface area contributed by atoms with E-state index in [9.17, 15) is 0 Å². The lowest BCUT2D eigenvalue weighted by Crippen LogP contribution is -2.38. The van der Waals surface area contributed by atoms with E-state index in [4.69, 9.17) is 9.40 Å². The van der Waals surface area contributed by atoms with Crippen molar-refractivity contribution in [2.75, 3.05) is 7.05 Å². The van der Waals surface area contributed by atoms with E-state index in [0.29, 0.717) is 0 Å². The number of rotatable bonds is 3. The van der Waals surface area contributed by atoms with E-state index in [-0.39, 0.29) is 11.0 Å². The highest BCUT2D eigenvalue weighted by atomic mass is 16.3. The quantitative estimate of drug-likeness (QED) is 0.489. The Morgan fingerprint density at radius 3 is 2.48 bits per heavy atom. The van der Waals surface area contributed by atoms with E-state index in [1.807, 2.05) is 0 Å².